The van der Waals surface area contributed by atoms with Gasteiger partial charge in [-0.25, -0.2) is 4.98 Å². The number of carbonyl (C=O) groups excluding carboxylic acids is 1. The fraction of sp³-hybridized carbons (Fsp3) is 0.238. The van der Waals surface area contributed by atoms with Gasteiger partial charge in [-0.3, -0.25) is 10.1 Å². The van der Waals surface area contributed by atoms with Crippen molar-refractivity contribution in [1.29, 1.82) is 0 Å². The minimum atomic E-state index is -0.706. The normalized spacial score (nSPS) is 15.2. The molecule has 0 bridgehead atoms. The number of nitrogens with zero attached hydrogens (tertiary/aromatic N) is 1. The number of amides is 1. The molecule has 1 amide bonds. The highest BCUT2D eigenvalue weighted by molar-refractivity contribution is 7.14. The molecule has 0 saturated heterocycles. The molecule has 1 N–H and O–H groups in total. The fourth-order valence-corrected chi connectivity index (χ4v) is 3.58. The van der Waals surface area contributed by atoms with Crippen molar-refractivity contribution < 1.29 is 19.0 Å². The summed E-state index contributed by atoms with van der Waals surface area (Å²) in [4.78, 5) is 17.0. The molecule has 0 unspecified atom stereocenters. The Morgan fingerprint density at radius 1 is 1.21 bits per heavy atom. The maximum absolute atomic E-state index is 12.5. The van der Waals surface area contributed by atoms with Crippen LogP contribution < -0.4 is 14.8 Å². The first kappa shape index (κ1) is 18.5. The van der Waals surface area contributed by atoms with Crippen LogP contribution in [-0.4, -0.2) is 37.3 Å². The number of nitrogens with one attached hydrogen (secondary N) is 1. The maximum Gasteiger partial charge on any atom is 0.270 e. The first-order valence-electron chi connectivity index (χ1n) is 8.96. The summed E-state index contributed by atoms with van der Waals surface area (Å²) < 4.78 is 16.4. The van der Waals surface area contributed by atoms with Crippen molar-refractivity contribution in [1.82, 2.24) is 4.98 Å². The molecule has 2 heterocycles. The van der Waals surface area contributed by atoms with Gasteiger partial charge in [-0.1, -0.05) is 36.4 Å². The zero-order valence-electron chi connectivity index (χ0n) is 15.4. The Morgan fingerprint density at radius 3 is 2.79 bits per heavy atom. The summed E-state index contributed by atoms with van der Waals surface area (Å²) in [5, 5.41) is 5.28. The molecule has 3 aromatic rings. The number of thiazole rings is 1. The quantitative estimate of drug-likeness (QED) is 0.687. The minimum Gasteiger partial charge on any atom is -0.485 e. The number of fused-ring (bicyclic) bond motifs is 1. The van der Waals surface area contributed by atoms with Gasteiger partial charge >= 0.3 is 0 Å². The van der Waals surface area contributed by atoms with Crippen molar-refractivity contribution >= 4 is 22.4 Å². The molecule has 6 nitrogen and oxygen atoms in total. The number of hydrogen-bond donors (Lipinski definition) is 1. The lowest BCUT2D eigenvalue weighted by Crippen LogP contribution is -2.40. The minimum absolute atomic E-state index is 0.171. The van der Waals surface area contributed by atoms with Crippen molar-refractivity contribution in [2.75, 3.05) is 25.6 Å². The van der Waals surface area contributed by atoms with E-state index < -0.39 is 6.10 Å². The molecule has 1 atom stereocenters. The summed E-state index contributed by atoms with van der Waals surface area (Å²) >= 11 is 1.38. The summed E-state index contributed by atoms with van der Waals surface area (Å²) in [6, 6.07) is 15.5. The van der Waals surface area contributed by atoms with E-state index in [9.17, 15) is 4.79 Å². The molecule has 1 aromatic heterocycles. The summed E-state index contributed by atoms with van der Waals surface area (Å²) in [6.45, 7) is 0.869. The van der Waals surface area contributed by atoms with E-state index in [2.05, 4.69) is 22.4 Å². The number of rotatable bonds is 6. The highest BCUT2D eigenvalue weighted by Crippen LogP contribution is 2.31. The van der Waals surface area contributed by atoms with E-state index in [0.717, 1.165) is 17.7 Å². The van der Waals surface area contributed by atoms with Crippen LogP contribution in [0, 0.1) is 0 Å². The number of carbonyl (C=O) groups is 1. The molecule has 1 aliphatic heterocycles. The molecule has 28 heavy (non-hydrogen) atoms. The molecule has 2 aromatic carbocycles. The largest absolute Gasteiger partial charge is 0.485 e. The standard InChI is InChI=1S/C21H20N2O4S/c1-25-11-10-14-6-8-15(9-7-14)16-13-28-21(22-16)23-20(24)19-12-26-17-4-2-3-5-18(17)27-19/h2-9,13,19H,10-12H2,1H3,(H,22,23,24)/t19-/m1/s1. The number of para-hydroxylation sites is 2. The predicted molar refractivity (Wildman–Crippen MR) is 108 cm³/mol. The van der Waals surface area contributed by atoms with Crippen LogP contribution in [0.2, 0.25) is 0 Å². The molecule has 0 fully saturated rings. The van der Waals surface area contributed by atoms with E-state index in [0.29, 0.717) is 23.2 Å². The summed E-state index contributed by atoms with van der Waals surface area (Å²) in [5.41, 5.74) is 3.04. The van der Waals surface area contributed by atoms with Crippen molar-refractivity contribution in [2.45, 2.75) is 12.5 Å². The van der Waals surface area contributed by atoms with Crippen LogP contribution in [0.4, 0.5) is 5.13 Å². The molecular formula is C21H20N2O4S. The third-order valence-electron chi connectivity index (χ3n) is 4.38. The third-order valence-corrected chi connectivity index (χ3v) is 5.14. The molecular weight excluding hydrogens is 376 g/mol. The molecule has 0 spiro atoms. The van der Waals surface area contributed by atoms with Gasteiger partial charge in [0.2, 0.25) is 6.10 Å². The zero-order chi connectivity index (χ0) is 19.3. The van der Waals surface area contributed by atoms with Crippen LogP contribution in [0.15, 0.2) is 53.9 Å². The second kappa shape index (κ2) is 8.41. The Kier molecular flexibility index (Phi) is 5.55. The molecule has 4 rings (SSSR count). The highest BCUT2D eigenvalue weighted by atomic mass is 32.1. The van der Waals surface area contributed by atoms with E-state index in [4.69, 9.17) is 14.2 Å². The molecule has 7 heteroatoms. The fourth-order valence-electron chi connectivity index (χ4n) is 2.86. The average Bonchev–Trinajstić information content (AvgIpc) is 3.20. The van der Waals surface area contributed by atoms with Crippen LogP contribution in [0.5, 0.6) is 11.5 Å². The molecule has 144 valence electrons. The molecule has 0 radical (unpaired) electrons. The van der Waals surface area contributed by atoms with Gasteiger partial charge in [0.25, 0.3) is 5.91 Å². The van der Waals surface area contributed by atoms with E-state index in [1.54, 1.807) is 13.2 Å². The topological polar surface area (TPSA) is 69.7 Å². The van der Waals surface area contributed by atoms with E-state index in [1.165, 1.54) is 16.9 Å². The Bertz CT molecular complexity index is 955. The summed E-state index contributed by atoms with van der Waals surface area (Å²) in [7, 11) is 1.70. The van der Waals surface area contributed by atoms with E-state index in [-0.39, 0.29) is 12.5 Å². The number of methoxy groups -OCH3 is 1. The van der Waals surface area contributed by atoms with Gasteiger partial charge in [-0.15, -0.1) is 11.3 Å². The molecule has 0 saturated carbocycles. The monoisotopic (exact) mass is 396 g/mol. The predicted octanol–water partition coefficient (Wildman–Crippen LogP) is 3.78. The summed E-state index contributed by atoms with van der Waals surface area (Å²) in [6.07, 6.45) is 0.171. The van der Waals surface area contributed by atoms with Gasteiger partial charge in [-0.05, 0) is 24.1 Å². The average molecular weight is 396 g/mol. The van der Waals surface area contributed by atoms with Gasteiger partial charge in [0.1, 0.15) is 6.61 Å². The van der Waals surface area contributed by atoms with Crippen molar-refractivity contribution in [3.8, 4) is 22.8 Å². The number of hydrogen-bond acceptors (Lipinski definition) is 6. The lowest BCUT2D eigenvalue weighted by Gasteiger charge is -2.25. The van der Waals surface area contributed by atoms with Gasteiger partial charge in [0.15, 0.2) is 16.6 Å². The molecule has 0 aliphatic carbocycles. The van der Waals surface area contributed by atoms with E-state index in [1.807, 2.05) is 35.7 Å². The maximum atomic E-state index is 12.5. The Balaban J connectivity index is 1.39. The lowest BCUT2D eigenvalue weighted by atomic mass is 10.1. The second-order valence-corrected chi connectivity index (χ2v) is 7.19. The number of ether oxygens (including phenoxy) is 3. The lowest BCUT2D eigenvalue weighted by molar-refractivity contribution is -0.125. The van der Waals surface area contributed by atoms with Gasteiger partial charge in [-0.2, -0.15) is 0 Å². The van der Waals surface area contributed by atoms with Gasteiger partial charge in [0, 0.05) is 18.1 Å². The van der Waals surface area contributed by atoms with Gasteiger partial charge in [0.05, 0.1) is 12.3 Å². The van der Waals surface area contributed by atoms with Crippen LogP contribution in [-0.2, 0) is 16.0 Å². The number of aromatic nitrogens is 1. The smallest absolute Gasteiger partial charge is 0.270 e. The van der Waals surface area contributed by atoms with E-state index >= 15 is 0 Å². The first-order chi connectivity index (χ1) is 13.7. The highest BCUT2D eigenvalue weighted by Gasteiger charge is 2.27. The second-order valence-electron chi connectivity index (χ2n) is 6.33. The first-order valence-corrected chi connectivity index (χ1v) is 9.84. The molecule has 1 aliphatic rings. The van der Waals surface area contributed by atoms with Crippen molar-refractivity contribution in [3.05, 3.63) is 59.5 Å². The number of benzene rings is 2. The third kappa shape index (κ3) is 4.16. The Morgan fingerprint density at radius 2 is 2.00 bits per heavy atom. The van der Waals surface area contributed by atoms with Crippen LogP contribution in [0.25, 0.3) is 11.3 Å². The zero-order valence-corrected chi connectivity index (χ0v) is 16.2. The Labute approximate surface area is 167 Å². The van der Waals surface area contributed by atoms with Crippen LogP contribution >= 0.6 is 11.3 Å². The van der Waals surface area contributed by atoms with Crippen LogP contribution in [0.3, 0.4) is 0 Å². The summed E-state index contributed by atoms with van der Waals surface area (Å²) in [5.74, 6) is 0.949. The van der Waals surface area contributed by atoms with Crippen LogP contribution in [0.1, 0.15) is 5.56 Å². The number of anilines is 1. The SMILES string of the molecule is COCCc1ccc(-c2csc(NC(=O)[C@H]3COc4ccccc4O3)n2)cc1. The van der Waals surface area contributed by atoms with Crippen molar-refractivity contribution in [2.24, 2.45) is 0 Å². The van der Waals surface area contributed by atoms with Crippen molar-refractivity contribution in [3.63, 3.8) is 0 Å². The Hall–Kier alpha value is -2.90. The van der Waals surface area contributed by atoms with Gasteiger partial charge < -0.3 is 14.2 Å².